The molecule has 0 rings (SSSR count). The molecule has 1 radical (unpaired) electrons. The van der Waals surface area contributed by atoms with Crippen molar-refractivity contribution in [2.45, 2.75) is 32.0 Å². The summed E-state index contributed by atoms with van der Waals surface area (Å²) in [4.78, 5) is 0. The number of hydrogen-bond acceptors (Lipinski definition) is 0. The minimum atomic E-state index is -4.03. The molecular formula is C7H12F3Si. The lowest BCUT2D eigenvalue weighted by Crippen LogP contribution is -2.12. The van der Waals surface area contributed by atoms with Crippen LogP contribution in [0.4, 0.5) is 13.2 Å². The molecule has 0 N–H and O–H groups in total. The summed E-state index contributed by atoms with van der Waals surface area (Å²) in [6.07, 6.45) is -3.01. The highest BCUT2D eigenvalue weighted by Gasteiger charge is 2.29. The van der Waals surface area contributed by atoms with E-state index in [0.29, 0.717) is 0 Å². The van der Waals surface area contributed by atoms with E-state index in [0.717, 1.165) is 5.57 Å². The topological polar surface area (TPSA) is 0 Å². The summed E-state index contributed by atoms with van der Waals surface area (Å²) in [5, 5.41) is 0. The van der Waals surface area contributed by atoms with E-state index in [2.05, 4.69) is 0 Å². The Hall–Kier alpha value is -0.253. The molecule has 0 aromatic heterocycles. The third kappa shape index (κ3) is 5.06. The molecule has 0 aliphatic rings. The lowest BCUT2D eigenvalue weighted by molar-refractivity contribution is -0.133. The van der Waals surface area contributed by atoms with Crippen LogP contribution in [0.1, 0.15) is 20.3 Å². The fourth-order valence-corrected chi connectivity index (χ4v) is 1.24. The van der Waals surface area contributed by atoms with Crippen LogP contribution < -0.4 is 0 Å². The fraction of sp³-hybridized carbons (Fsp3) is 0.714. The van der Waals surface area contributed by atoms with E-state index in [1.165, 1.54) is 10.2 Å². The van der Waals surface area contributed by atoms with Crippen LogP contribution in [0.3, 0.4) is 0 Å². The first-order valence-electron chi connectivity index (χ1n) is 3.39. The smallest absolute Gasteiger partial charge is 0.171 e. The summed E-state index contributed by atoms with van der Waals surface area (Å²) in [5.41, 5.74) is 0.445. The Labute approximate surface area is 67.9 Å². The van der Waals surface area contributed by atoms with E-state index >= 15 is 0 Å². The molecular weight excluding hydrogens is 169 g/mol. The third-order valence-corrected chi connectivity index (χ3v) is 2.51. The maximum Gasteiger partial charge on any atom is 0.389 e. The van der Waals surface area contributed by atoms with Gasteiger partial charge in [-0.3, -0.25) is 0 Å². The normalized spacial score (nSPS) is 16.7. The van der Waals surface area contributed by atoms with E-state index in [9.17, 15) is 13.2 Å². The first-order chi connectivity index (χ1) is 4.87. The molecule has 0 aliphatic heterocycles. The highest BCUT2D eigenvalue weighted by molar-refractivity contribution is 6.13. The highest BCUT2D eigenvalue weighted by Crippen LogP contribution is 2.30. The van der Waals surface area contributed by atoms with Gasteiger partial charge in [0, 0.05) is 16.7 Å². The van der Waals surface area contributed by atoms with Crippen LogP contribution in [-0.2, 0) is 0 Å². The molecule has 0 saturated carbocycles. The molecule has 1 atom stereocenters. The lowest BCUT2D eigenvalue weighted by Gasteiger charge is -2.13. The van der Waals surface area contributed by atoms with Crippen LogP contribution in [0.2, 0.25) is 5.54 Å². The zero-order chi connectivity index (χ0) is 9.07. The molecule has 0 fully saturated rings. The van der Waals surface area contributed by atoms with Crippen LogP contribution in [0.5, 0.6) is 0 Å². The van der Waals surface area contributed by atoms with Gasteiger partial charge < -0.3 is 0 Å². The number of hydrogen-bond donors (Lipinski definition) is 0. The van der Waals surface area contributed by atoms with Gasteiger partial charge in [0.05, 0.1) is 0 Å². The van der Waals surface area contributed by atoms with Crippen molar-refractivity contribution in [3.8, 4) is 0 Å². The van der Waals surface area contributed by atoms with Crippen molar-refractivity contribution in [1.29, 1.82) is 0 Å². The Balaban J connectivity index is 3.98. The van der Waals surface area contributed by atoms with Crippen molar-refractivity contribution < 1.29 is 13.2 Å². The fourth-order valence-electron chi connectivity index (χ4n) is 0.676. The Kier molecular flexibility index (Phi) is 3.86. The number of alkyl halides is 3. The van der Waals surface area contributed by atoms with Gasteiger partial charge in [-0.25, -0.2) is 0 Å². The first kappa shape index (κ1) is 10.7. The monoisotopic (exact) mass is 181 g/mol. The Morgan fingerprint density at radius 3 is 2.27 bits per heavy atom. The number of allylic oxidation sites excluding steroid dienone is 2. The predicted molar refractivity (Wildman–Crippen MR) is 42.4 cm³/mol. The van der Waals surface area contributed by atoms with E-state index in [4.69, 9.17) is 0 Å². The Morgan fingerprint density at radius 1 is 1.55 bits per heavy atom. The SMILES string of the molecule is CC=C(C)C([SiH2])CC(F)(F)F. The average molecular weight is 181 g/mol. The van der Waals surface area contributed by atoms with E-state index in [1.54, 1.807) is 19.9 Å². The second kappa shape index (κ2) is 3.95. The quantitative estimate of drug-likeness (QED) is 0.453. The summed E-state index contributed by atoms with van der Waals surface area (Å²) in [6.45, 7) is 3.48. The summed E-state index contributed by atoms with van der Waals surface area (Å²) in [5.74, 6) is 0. The van der Waals surface area contributed by atoms with Crippen molar-refractivity contribution in [1.82, 2.24) is 0 Å². The zero-order valence-corrected chi connectivity index (χ0v) is 8.12. The van der Waals surface area contributed by atoms with E-state index in [-0.39, 0.29) is 5.54 Å². The Morgan fingerprint density at radius 2 is 2.00 bits per heavy atom. The maximum atomic E-state index is 11.8. The van der Waals surface area contributed by atoms with Crippen LogP contribution in [0.25, 0.3) is 0 Å². The third-order valence-electron chi connectivity index (χ3n) is 1.58. The van der Waals surface area contributed by atoms with E-state index < -0.39 is 12.6 Å². The number of halogens is 3. The van der Waals surface area contributed by atoms with Crippen molar-refractivity contribution in [3.05, 3.63) is 11.6 Å². The molecule has 1 unspecified atom stereocenters. The molecule has 11 heavy (non-hydrogen) atoms. The molecule has 0 aromatic carbocycles. The highest BCUT2D eigenvalue weighted by atomic mass is 28.1. The summed E-state index contributed by atoms with van der Waals surface area (Å²) < 4.78 is 35.3. The minimum absolute atomic E-state index is 0.361. The molecule has 65 valence electrons. The van der Waals surface area contributed by atoms with Crippen LogP contribution in [0.15, 0.2) is 11.6 Å². The lowest BCUT2D eigenvalue weighted by atomic mass is 10.1. The second-order valence-electron chi connectivity index (χ2n) is 2.55. The molecule has 0 saturated heterocycles. The van der Waals surface area contributed by atoms with Crippen molar-refractivity contribution >= 4 is 10.2 Å². The maximum absolute atomic E-state index is 11.8. The molecule has 0 spiro atoms. The predicted octanol–water partition coefficient (Wildman–Crippen LogP) is 2.33. The van der Waals surface area contributed by atoms with Gasteiger partial charge in [0.2, 0.25) is 0 Å². The van der Waals surface area contributed by atoms with Gasteiger partial charge in [0.15, 0.2) is 0 Å². The molecule has 4 heteroatoms. The molecule has 0 bridgehead atoms. The van der Waals surface area contributed by atoms with Gasteiger partial charge in [0.25, 0.3) is 0 Å². The summed E-state index contributed by atoms with van der Waals surface area (Å²) in [6, 6.07) is 0. The standard InChI is InChI=1S/C7H12F3Si/c1-3-5(2)6(11)4-7(8,9)10/h3,6H,4,11H2,1-2H3. The second-order valence-corrected chi connectivity index (χ2v) is 3.53. The largest absolute Gasteiger partial charge is 0.389 e. The summed E-state index contributed by atoms with van der Waals surface area (Å²) in [7, 11) is 1.38. The average Bonchev–Trinajstić information content (AvgIpc) is 1.82. The van der Waals surface area contributed by atoms with Gasteiger partial charge in [-0.2, -0.15) is 13.2 Å². The van der Waals surface area contributed by atoms with Crippen molar-refractivity contribution in [3.63, 3.8) is 0 Å². The van der Waals surface area contributed by atoms with Gasteiger partial charge in [-0.15, -0.1) is 0 Å². The van der Waals surface area contributed by atoms with Gasteiger partial charge >= 0.3 is 6.18 Å². The zero-order valence-electron chi connectivity index (χ0n) is 6.70. The molecule has 0 nitrogen and oxygen atoms in total. The molecule has 0 amide bonds. The molecule has 0 heterocycles. The van der Waals surface area contributed by atoms with Crippen molar-refractivity contribution in [2.24, 2.45) is 0 Å². The number of rotatable bonds is 2. The van der Waals surface area contributed by atoms with E-state index in [1.807, 2.05) is 0 Å². The molecule has 0 aromatic rings. The van der Waals surface area contributed by atoms with Crippen LogP contribution in [0, 0.1) is 0 Å². The minimum Gasteiger partial charge on any atom is -0.171 e. The van der Waals surface area contributed by atoms with Gasteiger partial charge in [-0.05, 0) is 19.4 Å². The van der Waals surface area contributed by atoms with Gasteiger partial charge in [0.1, 0.15) is 0 Å². The Bertz CT molecular complexity index is 148. The molecule has 0 aliphatic carbocycles. The van der Waals surface area contributed by atoms with Gasteiger partial charge in [-0.1, -0.05) is 11.6 Å². The van der Waals surface area contributed by atoms with Crippen LogP contribution in [-0.4, -0.2) is 16.4 Å². The van der Waals surface area contributed by atoms with Crippen molar-refractivity contribution in [2.75, 3.05) is 0 Å². The first-order valence-corrected chi connectivity index (χ1v) is 4.21. The summed E-state index contributed by atoms with van der Waals surface area (Å²) >= 11 is 0. The van der Waals surface area contributed by atoms with Crippen LogP contribution >= 0.6 is 0 Å².